The molecule has 0 saturated carbocycles. The van der Waals surface area contributed by atoms with Gasteiger partial charge in [0.1, 0.15) is 0 Å². The molecule has 0 spiro atoms. The predicted octanol–water partition coefficient (Wildman–Crippen LogP) is 2.26. The normalized spacial score (nSPS) is 10.5. The summed E-state index contributed by atoms with van der Waals surface area (Å²) < 4.78 is 2.17. The molecule has 0 atom stereocenters. The molecule has 0 amide bonds. The van der Waals surface area contributed by atoms with Crippen LogP contribution in [-0.2, 0) is 13.0 Å². The smallest absolute Gasteiger partial charge is 0.203 e. The van der Waals surface area contributed by atoms with Gasteiger partial charge >= 0.3 is 0 Å². The second-order valence-corrected chi connectivity index (χ2v) is 4.04. The minimum Gasteiger partial charge on any atom is -0.356 e. The maximum absolute atomic E-state index is 4.45. The van der Waals surface area contributed by atoms with E-state index in [2.05, 4.69) is 45.1 Å². The van der Waals surface area contributed by atoms with Crippen molar-refractivity contribution in [3.63, 3.8) is 0 Å². The fraction of sp³-hybridized carbons (Fsp3) is 0.385. The highest BCUT2D eigenvalue weighted by Crippen LogP contribution is 2.10. The molecular weight excluding hydrogens is 212 g/mol. The molecule has 0 aliphatic heterocycles. The van der Waals surface area contributed by atoms with Gasteiger partial charge in [-0.3, -0.25) is 4.98 Å². The van der Waals surface area contributed by atoms with Crippen LogP contribution < -0.4 is 5.32 Å². The molecule has 4 heteroatoms. The van der Waals surface area contributed by atoms with Crippen LogP contribution in [0, 0.1) is 6.92 Å². The van der Waals surface area contributed by atoms with Crippen molar-refractivity contribution in [1.29, 1.82) is 0 Å². The summed E-state index contributed by atoms with van der Waals surface area (Å²) >= 11 is 0. The highest BCUT2D eigenvalue weighted by molar-refractivity contribution is 5.28. The largest absolute Gasteiger partial charge is 0.356 e. The van der Waals surface area contributed by atoms with Crippen LogP contribution in [0.1, 0.15) is 18.2 Å². The van der Waals surface area contributed by atoms with E-state index in [-0.39, 0.29) is 0 Å². The lowest BCUT2D eigenvalue weighted by Crippen LogP contribution is -2.08. The Balaban J connectivity index is 2.03. The molecule has 0 unspecified atom stereocenters. The molecule has 17 heavy (non-hydrogen) atoms. The van der Waals surface area contributed by atoms with Crippen LogP contribution in [0.2, 0.25) is 0 Å². The summed E-state index contributed by atoms with van der Waals surface area (Å²) in [7, 11) is 0. The number of nitrogens with one attached hydrogen (secondary N) is 1. The zero-order chi connectivity index (χ0) is 12.1. The number of rotatable bonds is 5. The van der Waals surface area contributed by atoms with Crippen LogP contribution in [0.4, 0.5) is 5.95 Å². The molecule has 0 aliphatic rings. The summed E-state index contributed by atoms with van der Waals surface area (Å²) in [5.74, 6) is 0.957. The number of hydrogen-bond donors (Lipinski definition) is 1. The van der Waals surface area contributed by atoms with E-state index in [0.29, 0.717) is 0 Å². The first-order valence-corrected chi connectivity index (χ1v) is 5.96. The Kier molecular flexibility index (Phi) is 3.75. The molecule has 0 saturated heterocycles. The topological polar surface area (TPSA) is 42.7 Å². The average Bonchev–Trinajstić information content (AvgIpc) is 2.69. The van der Waals surface area contributed by atoms with Crippen molar-refractivity contribution in [3.05, 3.63) is 42.0 Å². The number of aromatic nitrogens is 3. The summed E-state index contributed by atoms with van der Waals surface area (Å²) in [5, 5.41) is 3.27. The van der Waals surface area contributed by atoms with Gasteiger partial charge in [0, 0.05) is 31.7 Å². The maximum Gasteiger partial charge on any atom is 0.203 e. The number of pyridine rings is 1. The first-order valence-electron chi connectivity index (χ1n) is 5.96. The van der Waals surface area contributed by atoms with Crippen LogP contribution in [-0.4, -0.2) is 21.1 Å². The van der Waals surface area contributed by atoms with E-state index >= 15 is 0 Å². The fourth-order valence-corrected chi connectivity index (χ4v) is 1.82. The SMILES string of the molecule is CCNc1nc(C)cn1CCc1ccncc1. The molecule has 2 aromatic heterocycles. The van der Waals surface area contributed by atoms with Gasteiger partial charge in [0.05, 0.1) is 5.69 Å². The standard InChI is InChI=1S/C13H18N4/c1-3-15-13-16-11(2)10-17(13)9-6-12-4-7-14-8-5-12/h4-5,7-8,10H,3,6,9H2,1-2H3,(H,15,16). The van der Waals surface area contributed by atoms with E-state index in [1.54, 1.807) is 0 Å². The molecule has 0 aliphatic carbocycles. The molecule has 2 heterocycles. The van der Waals surface area contributed by atoms with Gasteiger partial charge in [0.2, 0.25) is 5.95 Å². The van der Waals surface area contributed by atoms with Crippen molar-refractivity contribution in [2.24, 2.45) is 0 Å². The van der Waals surface area contributed by atoms with Crippen molar-refractivity contribution < 1.29 is 0 Å². The van der Waals surface area contributed by atoms with Crippen LogP contribution in [0.5, 0.6) is 0 Å². The molecule has 0 aromatic carbocycles. The van der Waals surface area contributed by atoms with Crippen LogP contribution in [0.3, 0.4) is 0 Å². The zero-order valence-corrected chi connectivity index (χ0v) is 10.3. The minimum absolute atomic E-state index is 0.895. The average molecular weight is 230 g/mol. The molecule has 4 nitrogen and oxygen atoms in total. The van der Waals surface area contributed by atoms with E-state index in [1.165, 1.54) is 5.56 Å². The Morgan fingerprint density at radius 3 is 2.76 bits per heavy atom. The van der Waals surface area contributed by atoms with Gasteiger partial charge in [0.25, 0.3) is 0 Å². The lowest BCUT2D eigenvalue weighted by atomic mass is 10.2. The van der Waals surface area contributed by atoms with Crippen molar-refractivity contribution in [1.82, 2.24) is 14.5 Å². The van der Waals surface area contributed by atoms with Crippen molar-refractivity contribution >= 4 is 5.95 Å². The first kappa shape index (κ1) is 11.6. The van der Waals surface area contributed by atoms with Crippen LogP contribution in [0.15, 0.2) is 30.7 Å². The zero-order valence-electron chi connectivity index (χ0n) is 10.3. The molecule has 0 radical (unpaired) electrons. The van der Waals surface area contributed by atoms with Crippen molar-refractivity contribution in [2.75, 3.05) is 11.9 Å². The highest BCUT2D eigenvalue weighted by atomic mass is 15.2. The Morgan fingerprint density at radius 1 is 1.29 bits per heavy atom. The van der Waals surface area contributed by atoms with E-state index < -0.39 is 0 Å². The third-order valence-corrected chi connectivity index (χ3v) is 2.62. The lowest BCUT2D eigenvalue weighted by Gasteiger charge is -2.08. The van der Waals surface area contributed by atoms with E-state index in [0.717, 1.165) is 31.2 Å². The Hall–Kier alpha value is -1.84. The fourth-order valence-electron chi connectivity index (χ4n) is 1.82. The second-order valence-electron chi connectivity index (χ2n) is 4.04. The van der Waals surface area contributed by atoms with E-state index in [9.17, 15) is 0 Å². The lowest BCUT2D eigenvalue weighted by molar-refractivity contribution is 0.699. The molecule has 90 valence electrons. The summed E-state index contributed by atoms with van der Waals surface area (Å²) in [4.78, 5) is 8.47. The van der Waals surface area contributed by atoms with Crippen molar-refractivity contribution in [3.8, 4) is 0 Å². The molecule has 0 fully saturated rings. The number of imidazole rings is 1. The van der Waals surface area contributed by atoms with E-state index in [1.807, 2.05) is 19.3 Å². The maximum atomic E-state index is 4.45. The molecule has 1 N–H and O–H groups in total. The minimum atomic E-state index is 0.895. The number of nitrogens with zero attached hydrogens (tertiary/aromatic N) is 3. The van der Waals surface area contributed by atoms with Crippen LogP contribution >= 0.6 is 0 Å². The Bertz CT molecular complexity index is 462. The summed E-state index contributed by atoms with van der Waals surface area (Å²) in [6.45, 7) is 5.93. The van der Waals surface area contributed by atoms with Gasteiger partial charge in [-0.15, -0.1) is 0 Å². The first-order chi connectivity index (χ1) is 8.29. The molecule has 2 rings (SSSR count). The number of hydrogen-bond acceptors (Lipinski definition) is 3. The van der Waals surface area contributed by atoms with E-state index in [4.69, 9.17) is 0 Å². The Labute approximate surface area is 102 Å². The molecular formula is C13H18N4. The number of anilines is 1. The molecule has 2 aromatic rings. The predicted molar refractivity (Wildman–Crippen MR) is 69.1 cm³/mol. The number of aryl methyl sites for hydroxylation is 3. The highest BCUT2D eigenvalue weighted by Gasteiger charge is 2.04. The summed E-state index contributed by atoms with van der Waals surface area (Å²) in [5.41, 5.74) is 2.35. The molecule has 0 bridgehead atoms. The van der Waals surface area contributed by atoms with Gasteiger partial charge in [-0.05, 0) is 38.0 Å². The summed E-state index contributed by atoms with van der Waals surface area (Å²) in [6.07, 6.45) is 6.75. The summed E-state index contributed by atoms with van der Waals surface area (Å²) in [6, 6.07) is 4.10. The van der Waals surface area contributed by atoms with Gasteiger partial charge in [-0.1, -0.05) is 0 Å². The Morgan fingerprint density at radius 2 is 2.06 bits per heavy atom. The quantitative estimate of drug-likeness (QED) is 0.856. The monoisotopic (exact) mass is 230 g/mol. The van der Waals surface area contributed by atoms with Gasteiger partial charge < -0.3 is 9.88 Å². The third kappa shape index (κ3) is 3.06. The van der Waals surface area contributed by atoms with Gasteiger partial charge in [-0.25, -0.2) is 4.98 Å². The van der Waals surface area contributed by atoms with Gasteiger partial charge in [-0.2, -0.15) is 0 Å². The van der Waals surface area contributed by atoms with Crippen LogP contribution in [0.25, 0.3) is 0 Å². The third-order valence-electron chi connectivity index (χ3n) is 2.62. The van der Waals surface area contributed by atoms with Crippen molar-refractivity contribution in [2.45, 2.75) is 26.8 Å². The van der Waals surface area contributed by atoms with Gasteiger partial charge in [0.15, 0.2) is 0 Å². The second kappa shape index (κ2) is 5.48.